The van der Waals surface area contributed by atoms with E-state index in [9.17, 15) is 5.11 Å². The van der Waals surface area contributed by atoms with Crippen LogP contribution in [0.2, 0.25) is 0 Å². The molecule has 2 fully saturated rings. The lowest BCUT2D eigenvalue weighted by Gasteiger charge is -2.47. The molecule has 1 N–H and O–H groups in total. The van der Waals surface area contributed by atoms with E-state index in [0.717, 1.165) is 30.2 Å². The number of aliphatic hydroxyl groups excluding tert-OH is 1. The topological polar surface area (TPSA) is 26.7 Å². The summed E-state index contributed by atoms with van der Waals surface area (Å²) >= 11 is 0. The van der Waals surface area contributed by atoms with Gasteiger partial charge in [0.15, 0.2) is 0 Å². The summed E-state index contributed by atoms with van der Waals surface area (Å²) in [7, 11) is 0. The largest absolute Gasteiger partial charge is 0.388 e. The molecule has 0 radical (unpaired) electrons. The molecule has 0 aromatic rings. The molecule has 3 unspecified atom stereocenters. The molecule has 3 heteroatoms. The first-order valence-electron chi connectivity index (χ1n) is 15.4. The van der Waals surface area contributed by atoms with Gasteiger partial charge in [-0.2, -0.15) is 0 Å². The number of piperidine rings is 2. The second-order valence-corrected chi connectivity index (χ2v) is 12.2. The van der Waals surface area contributed by atoms with E-state index in [2.05, 4.69) is 40.2 Å². The van der Waals surface area contributed by atoms with E-state index < -0.39 is 0 Å². The van der Waals surface area contributed by atoms with E-state index in [0.29, 0.717) is 0 Å². The average molecular weight is 483 g/mol. The predicted octanol–water partition coefficient (Wildman–Crippen LogP) is 6.99. The van der Waals surface area contributed by atoms with Gasteiger partial charge in [0.05, 0.1) is 6.10 Å². The number of nitrogens with zero attached hydrogens (tertiary/aromatic N) is 2. The van der Waals surface area contributed by atoms with Gasteiger partial charge in [0, 0.05) is 32.7 Å². The van der Waals surface area contributed by atoms with Crippen LogP contribution in [0, 0.1) is 23.7 Å². The third kappa shape index (κ3) is 9.48. The van der Waals surface area contributed by atoms with Crippen molar-refractivity contribution in [3.63, 3.8) is 0 Å². The van der Waals surface area contributed by atoms with Crippen molar-refractivity contribution in [1.82, 2.24) is 9.80 Å². The molecule has 0 spiro atoms. The maximum absolute atomic E-state index is 10.8. The molecular formula is C32H54N2O. The van der Waals surface area contributed by atoms with Gasteiger partial charge in [0.25, 0.3) is 0 Å². The number of allylic oxidation sites excluding steroid dienone is 4. The minimum Gasteiger partial charge on any atom is -0.388 e. The van der Waals surface area contributed by atoms with Crippen LogP contribution in [-0.4, -0.2) is 60.3 Å². The molecule has 0 amide bonds. The van der Waals surface area contributed by atoms with Gasteiger partial charge in [-0.1, -0.05) is 75.0 Å². The third-order valence-electron chi connectivity index (χ3n) is 9.36. The van der Waals surface area contributed by atoms with Crippen LogP contribution >= 0.6 is 0 Å². The van der Waals surface area contributed by atoms with Crippen molar-refractivity contribution in [2.75, 3.05) is 39.3 Å². The predicted molar refractivity (Wildman–Crippen MR) is 150 cm³/mol. The molecule has 35 heavy (non-hydrogen) atoms. The fourth-order valence-corrected chi connectivity index (χ4v) is 7.53. The lowest BCUT2D eigenvalue weighted by Crippen LogP contribution is -2.50. The molecule has 0 aromatic heterocycles. The molecule has 0 aromatic carbocycles. The van der Waals surface area contributed by atoms with E-state index >= 15 is 0 Å². The van der Waals surface area contributed by atoms with Gasteiger partial charge in [0.2, 0.25) is 0 Å². The van der Waals surface area contributed by atoms with Crippen molar-refractivity contribution in [1.29, 1.82) is 0 Å². The highest BCUT2D eigenvalue weighted by Crippen LogP contribution is 2.40. The number of hydrogen-bond acceptors (Lipinski definition) is 3. The van der Waals surface area contributed by atoms with Gasteiger partial charge >= 0.3 is 0 Å². The van der Waals surface area contributed by atoms with Crippen molar-refractivity contribution >= 4 is 0 Å². The van der Waals surface area contributed by atoms with E-state index in [4.69, 9.17) is 0 Å². The maximum atomic E-state index is 10.8. The highest BCUT2D eigenvalue weighted by molar-refractivity contribution is 5.05. The van der Waals surface area contributed by atoms with Gasteiger partial charge in [-0.3, -0.25) is 4.90 Å². The quantitative estimate of drug-likeness (QED) is 0.377. The van der Waals surface area contributed by atoms with E-state index in [1.165, 1.54) is 129 Å². The lowest BCUT2D eigenvalue weighted by molar-refractivity contribution is 0.00963. The number of aliphatic hydroxyl groups is 1. The SMILES string of the molecule is OC1/C=C\C=C/CCCCCC[C@H]2CN3CC/C=C\CCCCCC[C@H]4C[C@H](CN(C1)C4)[C@@H]2CC3. The van der Waals surface area contributed by atoms with Crippen LogP contribution in [-0.2, 0) is 0 Å². The van der Waals surface area contributed by atoms with Gasteiger partial charge in [-0.15, -0.1) is 0 Å². The number of hydrogen-bond donors (Lipinski definition) is 1. The Kier molecular flexibility index (Phi) is 11.9. The van der Waals surface area contributed by atoms with Crippen LogP contribution in [0.25, 0.3) is 0 Å². The Balaban J connectivity index is 1.51. The maximum Gasteiger partial charge on any atom is 0.0850 e. The van der Waals surface area contributed by atoms with Crippen molar-refractivity contribution in [3.05, 3.63) is 36.5 Å². The van der Waals surface area contributed by atoms with Crippen molar-refractivity contribution in [2.24, 2.45) is 23.7 Å². The van der Waals surface area contributed by atoms with Crippen molar-refractivity contribution in [3.8, 4) is 0 Å². The molecule has 5 heterocycles. The molecule has 198 valence electrons. The molecule has 0 saturated carbocycles. The summed E-state index contributed by atoms with van der Waals surface area (Å²) in [6.07, 6.45) is 33.4. The number of rotatable bonds is 0. The first kappa shape index (κ1) is 27.1. The van der Waals surface area contributed by atoms with E-state index in [1.807, 2.05) is 6.08 Å². The van der Waals surface area contributed by atoms with Crippen LogP contribution < -0.4 is 0 Å². The zero-order chi connectivity index (χ0) is 24.1. The number of fused-ring (bicyclic) bond motifs is 10. The second kappa shape index (κ2) is 15.4. The molecule has 5 aliphatic rings. The van der Waals surface area contributed by atoms with E-state index in [1.54, 1.807) is 0 Å². The highest BCUT2D eigenvalue weighted by atomic mass is 16.3. The molecule has 2 saturated heterocycles. The summed E-state index contributed by atoms with van der Waals surface area (Å²) in [4.78, 5) is 5.45. The second-order valence-electron chi connectivity index (χ2n) is 12.2. The fraction of sp³-hybridized carbons (Fsp3) is 0.812. The van der Waals surface area contributed by atoms with Gasteiger partial charge in [-0.05, 0) is 88.0 Å². The minimum atomic E-state index is -0.346. The van der Waals surface area contributed by atoms with Gasteiger partial charge < -0.3 is 10.0 Å². The summed E-state index contributed by atoms with van der Waals surface area (Å²) in [6, 6.07) is 0. The Morgan fingerprint density at radius 1 is 0.571 bits per heavy atom. The summed E-state index contributed by atoms with van der Waals surface area (Å²) in [6.45, 7) is 7.10. The third-order valence-corrected chi connectivity index (χ3v) is 9.36. The highest BCUT2D eigenvalue weighted by Gasteiger charge is 2.38. The Morgan fingerprint density at radius 3 is 2.20 bits per heavy atom. The average Bonchev–Trinajstić information content (AvgIpc) is 2.85. The Hall–Kier alpha value is -0.900. The van der Waals surface area contributed by atoms with Crippen LogP contribution in [0.4, 0.5) is 0 Å². The molecular weight excluding hydrogens is 428 g/mol. The molecule has 5 aliphatic heterocycles. The summed E-state index contributed by atoms with van der Waals surface area (Å²) in [5.74, 6) is 3.40. The van der Waals surface area contributed by atoms with Gasteiger partial charge in [0.1, 0.15) is 0 Å². The Bertz CT molecular complexity index is 670. The Morgan fingerprint density at radius 2 is 1.31 bits per heavy atom. The molecule has 7 atom stereocenters. The van der Waals surface area contributed by atoms with Gasteiger partial charge in [-0.25, -0.2) is 0 Å². The first-order chi connectivity index (χ1) is 17.3. The van der Waals surface area contributed by atoms with Crippen LogP contribution in [0.3, 0.4) is 0 Å². The monoisotopic (exact) mass is 482 g/mol. The zero-order valence-electron chi connectivity index (χ0n) is 22.5. The zero-order valence-corrected chi connectivity index (χ0v) is 22.5. The molecule has 0 aliphatic carbocycles. The smallest absolute Gasteiger partial charge is 0.0850 e. The van der Waals surface area contributed by atoms with E-state index in [-0.39, 0.29) is 6.10 Å². The minimum absolute atomic E-state index is 0.346. The Labute approximate surface area is 216 Å². The molecule has 6 bridgehead atoms. The normalized spacial score (nSPS) is 41.6. The van der Waals surface area contributed by atoms with Crippen LogP contribution in [0.1, 0.15) is 96.3 Å². The van der Waals surface area contributed by atoms with Crippen LogP contribution in [0.5, 0.6) is 0 Å². The fourth-order valence-electron chi connectivity index (χ4n) is 7.53. The molecule has 5 rings (SSSR count). The summed E-state index contributed by atoms with van der Waals surface area (Å²) < 4.78 is 0. The lowest BCUT2D eigenvalue weighted by atomic mass is 9.69. The standard InChI is InChI=1S/C32H54N2O/c35-31-19-15-11-7-2-1-6-10-14-18-29-25-33-21-16-12-8-4-3-5-9-13-17-28-23-30(32(29)20-22-33)26-34(24-28)27-31/h7-8,11-12,15,19,28-32,35H,1-6,9-10,13-14,16-18,20-27H2/b11-7-,12-8-,19-15-/t28-,29-,30+,31?,32+/m0/s1. The first-order valence-corrected chi connectivity index (χ1v) is 15.4. The summed E-state index contributed by atoms with van der Waals surface area (Å²) in [5, 5.41) is 10.8. The molecule has 3 nitrogen and oxygen atoms in total. The van der Waals surface area contributed by atoms with Crippen molar-refractivity contribution in [2.45, 2.75) is 102 Å². The van der Waals surface area contributed by atoms with Crippen molar-refractivity contribution < 1.29 is 5.11 Å². The van der Waals surface area contributed by atoms with Crippen LogP contribution in [0.15, 0.2) is 36.5 Å². The summed E-state index contributed by atoms with van der Waals surface area (Å²) in [5.41, 5.74) is 0.